The Morgan fingerprint density at radius 3 is 2.39 bits per heavy atom. The Morgan fingerprint density at radius 2 is 1.61 bits per heavy atom. The van der Waals surface area contributed by atoms with Crippen LogP contribution in [0.2, 0.25) is 5.02 Å². The highest BCUT2D eigenvalue weighted by atomic mass is 35.5. The second-order valence-electron chi connectivity index (χ2n) is 6.18. The van der Waals surface area contributed by atoms with Gasteiger partial charge in [0.1, 0.15) is 6.54 Å². The van der Waals surface area contributed by atoms with Gasteiger partial charge < -0.3 is 10.1 Å². The van der Waals surface area contributed by atoms with Crippen molar-refractivity contribution in [2.75, 3.05) is 13.2 Å². The number of benzene rings is 3. The topological polar surface area (TPSA) is 72.5 Å². The monoisotopic (exact) mass is 395 g/mol. The number of ether oxygens (including phenoxy) is 1. The quantitative estimate of drug-likeness (QED) is 0.490. The van der Waals surface area contributed by atoms with Gasteiger partial charge in [-0.25, -0.2) is 0 Å². The molecular formula is C22H18ClNO4. The largest absolute Gasteiger partial charge is 0.456 e. The predicted molar refractivity (Wildman–Crippen MR) is 107 cm³/mol. The van der Waals surface area contributed by atoms with Gasteiger partial charge in [-0.3, -0.25) is 14.4 Å². The summed E-state index contributed by atoms with van der Waals surface area (Å²) in [6, 6.07) is 19.8. The van der Waals surface area contributed by atoms with Crippen LogP contribution < -0.4 is 5.32 Å². The van der Waals surface area contributed by atoms with Gasteiger partial charge in [0.05, 0.1) is 6.42 Å². The van der Waals surface area contributed by atoms with Crippen molar-refractivity contribution in [3.05, 3.63) is 82.9 Å². The van der Waals surface area contributed by atoms with Gasteiger partial charge >= 0.3 is 5.97 Å². The van der Waals surface area contributed by atoms with E-state index in [-0.39, 0.29) is 31.3 Å². The van der Waals surface area contributed by atoms with Crippen LogP contribution in [0.1, 0.15) is 15.9 Å². The average Bonchev–Trinajstić information content (AvgIpc) is 2.71. The predicted octanol–water partition coefficient (Wildman–Crippen LogP) is 3.58. The summed E-state index contributed by atoms with van der Waals surface area (Å²) in [5, 5.41) is 5.09. The van der Waals surface area contributed by atoms with E-state index in [1.54, 1.807) is 24.3 Å². The molecule has 0 fully saturated rings. The second-order valence-corrected chi connectivity index (χ2v) is 6.62. The lowest BCUT2D eigenvalue weighted by Crippen LogP contribution is -2.32. The van der Waals surface area contributed by atoms with Gasteiger partial charge in [-0.15, -0.1) is 0 Å². The van der Waals surface area contributed by atoms with Crippen LogP contribution in [0, 0.1) is 0 Å². The molecule has 3 aromatic rings. The molecule has 5 nitrogen and oxygen atoms in total. The second kappa shape index (κ2) is 9.15. The first-order chi connectivity index (χ1) is 13.5. The lowest BCUT2D eigenvalue weighted by Gasteiger charge is -2.08. The normalized spacial score (nSPS) is 10.5. The number of rotatable bonds is 7. The molecule has 0 aromatic heterocycles. The minimum atomic E-state index is -0.673. The molecule has 6 heteroatoms. The third-order valence-corrected chi connectivity index (χ3v) is 4.44. The van der Waals surface area contributed by atoms with Crippen molar-refractivity contribution >= 4 is 40.0 Å². The van der Waals surface area contributed by atoms with Crippen LogP contribution in [0.3, 0.4) is 0 Å². The van der Waals surface area contributed by atoms with Gasteiger partial charge in [0.15, 0.2) is 12.4 Å². The summed E-state index contributed by atoms with van der Waals surface area (Å²) in [6.07, 6.45) is 0.151. The number of ketones is 1. The van der Waals surface area contributed by atoms with Gasteiger partial charge in [0, 0.05) is 10.6 Å². The summed E-state index contributed by atoms with van der Waals surface area (Å²) in [4.78, 5) is 35.9. The van der Waals surface area contributed by atoms with Gasteiger partial charge in [0.25, 0.3) is 0 Å². The van der Waals surface area contributed by atoms with Crippen molar-refractivity contribution in [3.63, 3.8) is 0 Å². The van der Waals surface area contributed by atoms with E-state index in [0.29, 0.717) is 10.6 Å². The molecule has 0 spiro atoms. The fraction of sp³-hybridized carbons (Fsp3) is 0.136. The average molecular weight is 396 g/mol. The van der Waals surface area contributed by atoms with Crippen LogP contribution in [-0.4, -0.2) is 30.8 Å². The molecule has 0 saturated carbocycles. The molecule has 0 aliphatic carbocycles. The maximum Gasteiger partial charge on any atom is 0.325 e. The van der Waals surface area contributed by atoms with Crippen LogP contribution in [0.4, 0.5) is 0 Å². The molecule has 142 valence electrons. The number of nitrogens with one attached hydrogen (secondary N) is 1. The lowest BCUT2D eigenvalue weighted by atomic mass is 10.0. The molecule has 3 aromatic carbocycles. The number of carbonyl (C=O) groups excluding carboxylic acids is 3. The molecule has 0 atom stereocenters. The SMILES string of the molecule is O=C(Cc1cccc2ccccc12)NCC(=O)OCC(=O)c1ccc(Cl)cc1. The smallest absolute Gasteiger partial charge is 0.325 e. The molecule has 0 bridgehead atoms. The zero-order valence-electron chi connectivity index (χ0n) is 15.0. The zero-order valence-corrected chi connectivity index (χ0v) is 15.7. The summed E-state index contributed by atoms with van der Waals surface area (Å²) in [5.41, 5.74) is 1.28. The Bertz CT molecular complexity index is 1010. The Labute approximate surface area is 167 Å². The van der Waals surface area contributed by atoms with Crippen molar-refractivity contribution in [2.45, 2.75) is 6.42 Å². The highest BCUT2D eigenvalue weighted by molar-refractivity contribution is 6.30. The molecule has 28 heavy (non-hydrogen) atoms. The molecule has 0 saturated heterocycles. The van der Waals surface area contributed by atoms with Crippen LogP contribution >= 0.6 is 11.6 Å². The molecule has 1 N–H and O–H groups in total. The molecule has 0 heterocycles. The summed E-state index contributed by atoms with van der Waals surface area (Å²) in [7, 11) is 0. The van der Waals surface area contributed by atoms with Gasteiger partial charge in [0.2, 0.25) is 5.91 Å². The Morgan fingerprint density at radius 1 is 0.893 bits per heavy atom. The first kappa shape index (κ1) is 19.6. The Hall–Kier alpha value is -3.18. The van der Waals surface area contributed by atoms with Gasteiger partial charge in [-0.1, -0.05) is 54.1 Å². The fourth-order valence-corrected chi connectivity index (χ4v) is 2.90. The van der Waals surface area contributed by atoms with E-state index in [2.05, 4.69) is 5.32 Å². The highest BCUT2D eigenvalue weighted by Crippen LogP contribution is 2.18. The number of hydrogen-bond donors (Lipinski definition) is 1. The maximum atomic E-state index is 12.2. The first-order valence-corrected chi connectivity index (χ1v) is 9.08. The standard InChI is InChI=1S/C22H18ClNO4/c23-18-10-8-16(9-11-18)20(25)14-28-22(27)13-24-21(26)12-17-6-3-5-15-4-1-2-7-19(15)17/h1-11H,12-14H2,(H,24,26). The lowest BCUT2D eigenvalue weighted by molar-refractivity contribution is -0.142. The van der Waals surface area contributed by atoms with Crippen molar-refractivity contribution in [2.24, 2.45) is 0 Å². The molecule has 0 radical (unpaired) electrons. The molecule has 1 amide bonds. The zero-order chi connectivity index (χ0) is 19.9. The number of carbonyl (C=O) groups is 3. The van der Waals surface area contributed by atoms with Gasteiger partial charge in [-0.2, -0.15) is 0 Å². The van der Waals surface area contributed by atoms with E-state index in [4.69, 9.17) is 16.3 Å². The minimum absolute atomic E-state index is 0.151. The molecule has 0 aliphatic heterocycles. The van der Waals surface area contributed by atoms with Crippen molar-refractivity contribution in [3.8, 4) is 0 Å². The van der Waals surface area contributed by atoms with Crippen molar-refractivity contribution in [1.29, 1.82) is 0 Å². The third kappa shape index (κ3) is 5.18. The molecule has 0 unspecified atom stereocenters. The van der Waals surface area contributed by atoms with E-state index in [1.807, 2.05) is 42.5 Å². The van der Waals surface area contributed by atoms with Crippen LogP contribution in [-0.2, 0) is 20.7 Å². The van der Waals surface area contributed by atoms with E-state index in [0.717, 1.165) is 16.3 Å². The summed E-state index contributed by atoms with van der Waals surface area (Å²) in [5.74, 6) is -1.31. The maximum absolute atomic E-state index is 12.2. The van der Waals surface area contributed by atoms with E-state index in [9.17, 15) is 14.4 Å². The van der Waals surface area contributed by atoms with Crippen LogP contribution in [0.25, 0.3) is 10.8 Å². The van der Waals surface area contributed by atoms with E-state index < -0.39 is 5.97 Å². The summed E-state index contributed by atoms with van der Waals surface area (Å²) >= 11 is 5.77. The van der Waals surface area contributed by atoms with E-state index in [1.165, 1.54) is 0 Å². The number of esters is 1. The van der Waals surface area contributed by atoms with Crippen molar-refractivity contribution in [1.82, 2.24) is 5.32 Å². The van der Waals surface area contributed by atoms with Crippen molar-refractivity contribution < 1.29 is 19.1 Å². The Balaban J connectivity index is 1.47. The number of hydrogen-bond acceptors (Lipinski definition) is 4. The number of halogens is 1. The third-order valence-electron chi connectivity index (χ3n) is 4.19. The first-order valence-electron chi connectivity index (χ1n) is 8.70. The summed E-state index contributed by atoms with van der Waals surface area (Å²) < 4.78 is 4.92. The highest BCUT2D eigenvalue weighted by Gasteiger charge is 2.12. The van der Waals surface area contributed by atoms with Gasteiger partial charge in [-0.05, 0) is 40.6 Å². The summed E-state index contributed by atoms with van der Waals surface area (Å²) in [6.45, 7) is -0.683. The van der Waals surface area contributed by atoms with Crippen LogP contribution in [0.5, 0.6) is 0 Å². The number of Topliss-reactive ketones (excluding diaryl/α,β-unsaturated/α-hetero) is 1. The molecular weight excluding hydrogens is 378 g/mol. The fourth-order valence-electron chi connectivity index (χ4n) is 2.77. The number of amides is 1. The number of fused-ring (bicyclic) bond motifs is 1. The molecule has 0 aliphatic rings. The van der Waals surface area contributed by atoms with Crippen LogP contribution in [0.15, 0.2) is 66.7 Å². The molecule has 3 rings (SSSR count). The van der Waals surface area contributed by atoms with E-state index >= 15 is 0 Å². The Kier molecular flexibility index (Phi) is 6.40. The minimum Gasteiger partial charge on any atom is -0.456 e.